The van der Waals surface area contributed by atoms with Gasteiger partial charge < -0.3 is 0 Å². The SMILES string of the molecule is CC(C)CSc1nnc(NC(=O)CN(c2ccc(F)cc2)S(=O)(=O)c2ccccc2)s1. The zero-order valence-corrected chi connectivity index (χ0v) is 19.3. The number of aromatic nitrogens is 2. The van der Waals surface area contributed by atoms with E-state index in [0.717, 1.165) is 26.5 Å². The van der Waals surface area contributed by atoms with Crippen LogP contribution in [-0.4, -0.2) is 36.8 Å². The smallest absolute Gasteiger partial charge is 0.264 e. The van der Waals surface area contributed by atoms with E-state index in [1.807, 2.05) is 0 Å². The normalized spacial score (nSPS) is 11.5. The van der Waals surface area contributed by atoms with E-state index in [1.165, 1.54) is 35.6 Å². The molecule has 0 bridgehead atoms. The summed E-state index contributed by atoms with van der Waals surface area (Å²) in [4.78, 5) is 12.7. The van der Waals surface area contributed by atoms with Crippen LogP contribution in [0, 0.1) is 11.7 Å². The van der Waals surface area contributed by atoms with Crippen molar-refractivity contribution >= 4 is 49.8 Å². The highest BCUT2D eigenvalue weighted by molar-refractivity contribution is 8.01. The molecule has 1 amide bonds. The highest BCUT2D eigenvalue weighted by Gasteiger charge is 2.27. The quantitative estimate of drug-likeness (QED) is 0.363. The fraction of sp³-hybridized carbons (Fsp3) is 0.250. The minimum atomic E-state index is -4.05. The number of carbonyl (C=O) groups excluding carboxylic acids is 1. The number of hydrogen-bond acceptors (Lipinski definition) is 7. The Balaban J connectivity index is 1.80. The van der Waals surface area contributed by atoms with Crippen LogP contribution >= 0.6 is 23.1 Å². The molecule has 2 aromatic carbocycles. The van der Waals surface area contributed by atoms with Gasteiger partial charge in [-0.15, -0.1) is 10.2 Å². The number of thioether (sulfide) groups is 1. The average molecular weight is 481 g/mol. The van der Waals surface area contributed by atoms with Crippen LogP contribution in [-0.2, 0) is 14.8 Å². The Hall–Kier alpha value is -2.50. The first kappa shape index (κ1) is 23.2. The van der Waals surface area contributed by atoms with Crippen molar-refractivity contribution in [2.75, 3.05) is 21.9 Å². The molecule has 1 aromatic heterocycles. The summed E-state index contributed by atoms with van der Waals surface area (Å²) < 4.78 is 41.4. The first-order valence-electron chi connectivity index (χ1n) is 9.35. The van der Waals surface area contributed by atoms with Gasteiger partial charge >= 0.3 is 0 Å². The minimum absolute atomic E-state index is 0.0235. The second-order valence-corrected chi connectivity index (χ2v) is 11.0. The monoisotopic (exact) mass is 480 g/mol. The van der Waals surface area contributed by atoms with Gasteiger partial charge in [-0.25, -0.2) is 12.8 Å². The highest BCUT2D eigenvalue weighted by Crippen LogP contribution is 2.28. The summed E-state index contributed by atoms with van der Waals surface area (Å²) in [6.07, 6.45) is 0. The van der Waals surface area contributed by atoms with Gasteiger partial charge in [0.1, 0.15) is 12.4 Å². The standard InChI is InChI=1S/C20H21FN4O3S3/c1-14(2)13-29-20-24-23-19(30-20)22-18(26)12-25(16-10-8-15(21)9-11-16)31(27,28)17-6-4-3-5-7-17/h3-11,14H,12-13H2,1-2H3,(H,22,23,26). The van der Waals surface area contributed by atoms with Crippen molar-refractivity contribution < 1.29 is 17.6 Å². The molecule has 7 nitrogen and oxygen atoms in total. The number of nitrogens with one attached hydrogen (secondary N) is 1. The van der Waals surface area contributed by atoms with Crippen LogP contribution in [0.4, 0.5) is 15.2 Å². The van der Waals surface area contributed by atoms with Crippen LogP contribution in [0.3, 0.4) is 0 Å². The predicted molar refractivity (Wildman–Crippen MR) is 121 cm³/mol. The molecule has 3 rings (SSSR count). The molecule has 1 N–H and O–H groups in total. The molecule has 164 valence electrons. The van der Waals surface area contributed by atoms with Gasteiger partial charge in [-0.3, -0.25) is 14.4 Å². The first-order valence-corrected chi connectivity index (χ1v) is 12.6. The van der Waals surface area contributed by atoms with E-state index >= 15 is 0 Å². The van der Waals surface area contributed by atoms with Gasteiger partial charge in [0.2, 0.25) is 11.0 Å². The average Bonchev–Trinajstić information content (AvgIpc) is 3.19. The lowest BCUT2D eigenvalue weighted by Crippen LogP contribution is -2.38. The van der Waals surface area contributed by atoms with Crippen molar-refractivity contribution in [2.24, 2.45) is 5.92 Å². The van der Waals surface area contributed by atoms with Crippen LogP contribution in [0.1, 0.15) is 13.8 Å². The minimum Gasteiger partial charge on any atom is -0.299 e. The number of hydrogen-bond donors (Lipinski definition) is 1. The Morgan fingerprint density at radius 1 is 1.13 bits per heavy atom. The maximum absolute atomic E-state index is 13.4. The zero-order chi connectivity index (χ0) is 22.4. The molecule has 0 spiro atoms. The van der Waals surface area contributed by atoms with E-state index in [4.69, 9.17) is 0 Å². The van der Waals surface area contributed by atoms with Gasteiger partial charge in [0.15, 0.2) is 4.34 Å². The molecule has 0 unspecified atom stereocenters. The Morgan fingerprint density at radius 3 is 2.45 bits per heavy atom. The summed E-state index contributed by atoms with van der Waals surface area (Å²) in [5.74, 6) is 0.265. The molecule has 31 heavy (non-hydrogen) atoms. The number of nitrogens with zero attached hydrogens (tertiary/aromatic N) is 3. The van der Waals surface area contributed by atoms with Crippen LogP contribution in [0.2, 0.25) is 0 Å². The third kappa shape index (κ3) is 6.25. The van der Waals surface area contributed by atoms with Crippen molar-refractivity contribution in [1.82, 2.24) is 10.2 Å². The number of sulfonamides is 1. The van der Waals surface area contributed by atoms with Crippen LogP contribution in [0.15, 0.2) is 63.8 Å². The van der Waals surface area contributed by atoms with Gasteiger partial charge in [-0.05, 0) is 42.3 Å². The van der Waals surface area contributed by atoms with E-state index < -0.39 is 28.3 Å². The Kier molecular flexibility index (Phi) is 7.63. The van der Waals surface area contributed by atoms with Crippen molar-refractivity contribution in [3.63, 3.8) is 0 Å². The molecule has 3 aromatic rings. The third-order valence-corrected chi connectivity index (χ3v) is 8.11. The summed E-state index contributed by atoms with van der Waals surface area (Å²) >= 11 is 2.77. The Labute approximate surface area is 188 Å². The molecule has 0 aliphatic heterocycles. The summed E-state index contributed by atoms with van der Waals surface area (Å²) in [5, 5.41) is 10.9. The Morgan fingerprint density at radius 2 is 1.81 bits per heavy atom. The summed E-state index contributed by atoms with van der Waals surface area (Å²) in [6, 6.07) is 12.7. The highest BCUT2D eigenvalue weighted by atomic mass is 32.2. The summed E-state index contributed by atoms with van der Waals surface area (Å²) in [7, 11) is -4.05. The lowest BCUT2D eigenvalue weighted by molar-refractivity contribution is -0.114. The lowest BCUT2D eigenvalue weighted by atomic mass is 10.3. The fourth-order valence-corrected chi connectivity index (χ4v) is 5.67. The number of rotatable bonds is 9. The van der Waals surface area contributed by atoms with Crippen molar-refractivity contribution in [3.05, 3.63) is 60.4 Å². The van der Waals surface area contributed by atoms with E-state index in [1.54, 1.807) is 30.0 Å². The van der Waals surface area contributed by atoms with E-state index in [2.05, 4.69) is 29.4 Å². The molecule has 1 heterocycles. The summed E-state index contributed by atoms with van der Waals surface area (Å²) in [6.45, 7) is 3.68. The first-order chi connectivity index (χ1) is 14.8. The van der Waals surface area contributed by atoms with Gasteiger partial charge in [0.05, 0.1) is 10.6 Å². The van der Waals surface area contributed by atoms with Crippen molar-refractivity contribution in [3.8, 4) is 0 Å². The molecule has 0 radical (unpaired) electrons. The zero-order valence-electron chi connectivity index (χ0n) is 16.9. The number of benzene rings is 2. The molecule has 0 aliphatic rings. The van der Waals surface area contributed by atoms with Crippen LogP contribution in [0.5, 0.6) is 0 Å². The maximum atomic E-state index is 13.4. The fourth-order valence-electron chi connectivity index (χ4n) is 2.49. The number of carbonyl (C=O) groups is 1. The predicted octanol–water partition coefficient (Wildman–Crippen LogP) is 4.26. The second-order valence-electron chi connectivity index (χ2n) is 6.93. The van der Waals surface area contributed by atoms with Gasteiger partial charge in [0, 0.05) is 5.75 Å². The molecule has 11 heteroatoms. The number of amides is 1. The molecular formula is C20H21FN4O3S3. The van der Waals surface area contributed by atoms with E-state index in [-0.39, 0.29) is 15.7 Å². The molecule has 0 atom stereocenters. The molecule has 0 aliphatic carbocycles. The van der Waals surface area contributed by atoms with Crippen LogP contribution < -0.4 is 9.62 Å². The molecular weight excluding hydrogens is 459 g/mol. The topological polar surface area (TPSA) is 92.3 Å². The van der Waals surface area contributed by atoms with Crippen molar-refractivity contribution in [1.29, 1.82) is 0 Å². The molecule has 0 fully saturated rings. The van der Waals surface area contributed by atoms with E-state index in [9.17, 15) is 17.6 Å². The Bertz CT molecular complexity index is 1120. The summed E-state index contributed by atoms with van der Waals surface area (Å²) in [5.41, 5.74) is 0.172. The van der Waals surface area contributed by atoms with Gasteiger partial charge in [-0.1, -0.05) is 55.1 Å². The second kappa shape index (κ2) is 10.2. The lowest BCUT2D eigenvalue weighted by Gasteiger charge is -2.23. The van der Waals surface area contributed by atoms with Crippen molar-refractivity contribution in [2.45, 2.75) is 23.1 Å². The van der Waals surface area contributed by atoms with Crippen LogP contribution in [0.25, 0.3) is 0 Å². The third-order valence-electron chi connectivity index (χ3n) is 3.93. The van der Waals surface area contributed by atoms with Gasteiger partial charge in [-0.2, -0.15) is 0 Å². The molecule has 0 saturated carbocycles. The number of halogens is 1. The van der Waals surface area contributed by atoms with E-state index in [0.29, 0.717) is 5.92 Å². The largest absolute Gasteiger partial charge is 0.299 e. The van der Waals surface area contributed by atoms with Gasteiger partial charge in [0.25, 0.3) is 10.0 Å². The maximum Gasteiger partial charge on any atom is 0.264 e. The number of anilines is 2. The molecule has 0 saturated heterocycles.